The van der Waals surface area contributed by atoms with E-state index in [0.717, 1.165) is 5.56 Å². The lowest BCUT2D eigenvalue weighted by Crippen LogP contribution is -1.87. The number of benzene rings is 1. The van der Waals surface area contributed by atoms with Gasteiger partial charge in [0.2, 0.25) is 0 Å². The van der Waals surface area contributed by atoms with E-state index in [1.54, 1.807) is 18.2 Å². The smallest absolute Gasteiger partial charge is 0.269 e. The Kier molecular flexibility index (Phi) is 3.79. The molecule has 0 saturated heterocycles. The molecule has 5 heteroatoms. The van der Waals surface area contributed by atoms with Crippen LogP contribution in [0.4, 0.5) is 5.69 Å². The molecule has 0 unspecified atom stereocenters. The second-order valence-corrected chi connectivity index (χ2v) is 3.62. The van der Waals surface area contributed by atoms with E-state index in [1.165, 1.54) is 12.1 Å². The Balaban J connectivity index is 2.89. The topological polar surface area (TPSA) is 63.4 Å². The van der Waals surface area contributed by atoms with E-state index in [0.29, 0.717) is 4.48 Å². The zero-order valence-electron chi connectivity index (χ0n) is 7.18. The second kappa shape index (κ2) is 4.88. The minimum atomic E-state index is -0.450. The summed E-state index contributed by atoms with van der Waals surface area (Å²) in [5.41, 5.74) is 0.860. The van der Waals surface area contributed by atoms with Gasteiger partial charge >= 0.3 is 0 Å². The third kappa shape index (κ3) is 2.93. The lowest BCUT2D eigenvalue weighted by atomic mass is 10.2. The van der Waals surface area contributed by atoms with Gasteiger partial charge in [-0.1, -0.05) is 15.9 Å². The monoisotopic (exact) mass is 257 g/mol. The maximum absolute atomic E-state index is 10.3. The zero-order valence-corrected chi connectivity index (χ0v) is 8.77. The first-order chi connectivity index (χ1) is 6.63. The van der Waals surface area contributed by atoms with Crippen LogP contribution in [0.2, 0.25) is 0 Å². The van der Waals surface area contributed by atoms with Crippen molar-refractivity contribution in [2.75, 3.05) is 6.61 Å². The molecule has 0 atom stereocenters. The van der Waals surface area contributed by atoms with E-state index in [9.17, 15) is 10.1 Å². The maximum atomic E-state index is 10.3. The summed E-state index contributed by atoms with van der Waals surface area (Å²) in [6, 6.07) is 6.08. The third-order valence-corrected chi connectivity index (χ3v) is 2.06. The fourth-order valence-electron chi connectivity index (χ4n) is 0.919. The van der Waals surface area contributed by atoms with Gasteiger partial charge in [-0.05, 0) is 23.8 Å². The lowest BCUT2D eigenvalue weighted by molar-refractivity contribution is -0.384. The summed E-state index contributed by atoms with van der Waals surface area (Å²) in [6.45, 7) is -0.0863. The van der Waals surface area contributed by atoms with E-state index in [2.05, 4.69) is 15.9 Å². The number of nitro benzene ring substituents is 1. The summed E-state index contributed by atoms with van der Waals surface area (Å²) in [5, 5.41) is 19.0. The molecule has 0 radical (unpaired) electrons. The van der Waals surface area contributed by atoms with Crippen molar-refractivity contribution in [1.82, 2.24) is 0 Å². The van der Waals surface area contributed by atoms with Crippen LogP contribution in [0.25, 0.3) is 6.08 Å². The van der Waals surface area contributed by atoms with Crippen LogP contribution in [0.5, 0.6) is 0 Å². The quantitative estimate of drug-likeness (QED) is 0.668. The van der Waals surface area contributed by atoms with Crippen LogP contribution in [0, 0.1) is 10.1 Å². The van der Waals surface area contributed by atoms with E-state index < -0.39 is 4.92 Å². The van der Waals surface area contributed by atoms with Gasteiger partial charge in [-0.25, -0.2) is 0 Å². The molecule has 0 fully saturated rings. The number of nitro groups is 1. The Morgan fingerprint density at radius 1 is 1.50 bits per heavy atom. The molecule has 14 heavy (non-hydrogen) atoms. The van der Waals surface area contributed by atoms with Gasteiger partial charge in [0.1, 0.15) is 0 Å². The van der Waals surface area contributed by atoms with Gasteiger partial charge in [0.15, 0.2) is 0 Å². The fraction of sp³-hybridized carbons (Fsp3) is 0.111. The van der Waals surface area contributed by atoms with Crippen LogP contribution in [-0.4, -0.2) is 16.6 Å². The average molecular weight is 258 g/mol. The molecule has 1 aromatic carbocycles. The molecule has 0 aliphatic carbocycles. The van der Waals surface area contributed by atoms with E-state index >= 15 is 0 Å². The average Bonchev–Trinajstić information content (AvgIpc) is 2.18. The molecule has 0 aromatic heterocycles. The summed E-state index contributed by atoms with van der Waals surface area (Å²) in [5.74, 6) is 0. The van der Waals surface area contributed by atoms with Gasteiger partial charge in [0.25, 0.3) is 5.69 Å². The van der Waals surface area contributed by atoms with Crippen LogP contribution in [-0.2, 0) is 0 Å². The Morgan fingerprint density at radius 2 is 2.07 bits per heavy atom. The third-order valence-electron chi connectivity index (χ3n) is 1.58. The normalized spacial score (nSPS) is 11.4. The molecule has 0 heterocycles. The predicted molar refractivity (Wildman–Crippen MR) is 57.1 cm³/mol. The molecule has 74 valence electrons. The van der Waals surface area contributed by atoms with E-state index in [-0.39, 0.29) is 12.3 Å². The van der Waals surface area contributed by atoms with Gasteiger partial charge in [-0.2, -0.15) is 0 Å². The minimum Gasteiger partial charge on any atom is -0.391 e. The Hall–Kier alpha value is -1.20. The predicted octanol–water partition coefficient (Wildman–Crippen LogP) is 2.32. The highest BCUT2D eigenvalue weighted by Gasteiger charge is 2.02. The molecular formula is C9H8BrNO3. The molecule has 0 amide bonds. The van der Waals surface area contributed by atoms with Crippen molar-refractivity contribution in [3.05, 3.63) is 44.4 Å². The number of hydrogen-bond donors (Lipinski definition) is 1. The highest BCUT2D eigenvalue weighted by molar-refractivity contribution is 9.11. The SMILES string of the molecule is O=[N+]([O-])c1ccc(/C=C(\Br)CO)cc1. The first kappa shape index (κ1) is 10.9. The highest BCUT2D eigenvalue weighted by Crippen LogP contribution is 2.15. The van der Waals surface area contributed by atoms with Gasteiger partial charge < -0.3 is 5.11 Å². The molecule has 0 spiro atoms. The summed E-state index contributed by atoms with van der Waals surface area (Å²) in [4.78, 5) is 9.88. The van der Waals surface area contributed by atoms with Crippen molar-refractivity contribution in [2.24, 2.45) is 0 Å². The van der Waals surface area contributed by atoms with Crippen LogP contribution >= 0.6 is 15.9 Å². The number of hydrogen-bond acceptors (Lipinski definition) is 3. The molecule has 1 rings (SSSR count). The number of rotatable bonds is 3. The van der Waals surface area contributed by atoms with Crippen molar-refractivity contribution in [1.29, 1.82) is 0 Å². The first-order valence-corrected chi connectivity index (χ1v) is 4.64. The van der Waals surface area contributed by atoms with Gasteiger partial charge in [-0.15, -0.1) is 0 Å². The number of aliphatic hydroxyl groups excluding tert-OH is 1. The number of non-ortho nitro benzene ring substituents is 1. The Morgan fingerprint density at radius 3 is 2.50 bits per heavy atom. The largest absolute Gasteiger partial charge is 0.391 e. The lowest BCUT2D eigenvalue weighted by Gasteiger charge is -1.95. The standard InChI is InChI=1S/C9H8BrNO3/c10-8(6-12)5-7-1-3-9(4-2-7)11(13)14/h1-5,12H,6H2/b8-5-. The Labute approximate surface area is 89.2 Å². The van der Waals surface area contributed by atoms with E-state index in [4.69, 9.17) is 5.11 Å². The summed E-state index contributed by atoms with van der Waals surface area (Å²) in [6.07, 6.45) is 1.70. The molecule has 0 bridgehead atoms. The molecule has 4 nitrogen and oxygen atoms in total. The summed E-state index contributed by atoms with van der Waals surface area (Å²) >= 11 is 3.14. The molecule has 1 aromatic rings. The van der Waals surface area contributed by atoms with E-state index in [1.807, 2.05) is 0 Å². The van der Waals surface area contributed by atoms with Gasteiger partial charge in [-0.3, -0.25) is 10.1 Å². The molecule has 0 aliphatic heterocycles. The second-order valence-electron chi connectivity index (χ2n) is 2.60. The number of nitrogens with zero attached hydrogens (tertiary/aromatic N) is 1. The summed E-state index contributed by atoms with van der Waals surface area (Å²) in [7, 11) is 0. The fourth-order valence-corrected chi connectivity index (χ4v) is 1.18. The van der Waals surface area contributed by atoms with Crippen molar-refractivity contribution in [2.45, 2.75) is 0 Å². The first-order valence-electron chi connectivity index (χ1n) is 3.85. The van der Waals surface area contributed by atoms with Crippen LogP contribution < -0.4 is 0 Å². The van der Waals surface area contributed by atoms with Crippen molar-refractivity contribution in [3.63, 3.8) is 0 Å². The highest BCUT2D eigenvalue weighted by atomic mass is 79.9. The van der Waals surface area contributed by atoms with Crippen LogP contribution in [0.3, 0.4) is 0 Å². The van der Waals surface area contributed by atoms with Crippen molar-refractivity contribution < 1.29 is 10.0 Å². The molecular weight excluding hydrogens is 250 g/mol. The van der Waals surface area contributed by atoms with Gasteiger partial charge in [0, 0.05) is 16.6 Å². The summed E-state index contributed by atoms with van der Waals surface area (Å²) < 4.78 is 0.631. The molecule has 0 aliphatic rings. The maximum Gasteiger partial charge on any atom is 0.269 e. The molecule has 0 saturated carbocycles. The van der Waals surface area contributed by atoms with Crippen molar-refractivity contribution >= 4 is 27.7 Å². The number of halogens is 1. The van der Waals surface area contributed by atoms with Crippen LogP contribution in [0.15, 0.2) is 28.7 Å². The van der Waals surface area contributed by atoms with Crippen LogP contribution in [0.1, 0.15) is 5.56 Å². The molecule has 1 N–H and O–H groups in total. The minimum absolute atomic E-state index is 0.0577. The Bertz CT molecular complexity index is 359. The zero-order chi connectivity index (χ0) is 10.6. The van der Waals surface area contributed by atoms with Gasteiger partial charge in [0.05, 0.1) is 11.5 Å². The van der Waals surface area contributed by atoms with Crippen molar-refractivity contribution in [3.8, 4) is 0 Å². The number of aliphatic hydroxyl groups is 1.